The van der Waals surface area contributed by atoms with E-state index in [-0.39, 0.29) is 62.3 Å². The van der Waals surface area contributed by atoms with E-state index in [9.17, 15) is 53.8 Å². The first-order valence-corrected chi connectivity index (χ1v) is 30.0. The molecule has 1 unspecified atom stereocenters. The van der Waals surface area contributed by atoms with Crippen LogP contribution in [0.25, 0.3) is 10.4 Å². The SMILES string of the molecule is CC[C@@H]1NC(=O)C([C@H](O)[C@H](C)CN=[N+]=[N-])N(C)C(=O)[C@H](C(C)C)N(C)C(=O)[C@H](CC(C)C)N(C)C(=O)[C@H](CC(C)C)N(C)C(=O)[C@@H](C)NC(=O)[C@H](C)NC(=O)[C@H](CC(C)C)N(C)C(=O)[C@H](C(C)C)NC(=O)[C@H](CC(C)C)N(C)C(=O)CN(C)C1=O. The molecular weight excluding hydrogens is 1100 g/mol. The minimum absolute atomic E-state index is 0.0325. The van der Waals surface area contributed by atoms with Gasteiger partial charge >= 0.3 is 0 Å². The Morgan fingerprint density at radius 1 is 0.482 bits per heavy atom. The van der Waals surface area contributed by atoms with Crippen LogP contribution < -0.4 is 21.3 Å². The Labute approximate surface area is 505 Å². The monoisotopic (exact) mass is 1200 g/mol. The first kappa shape index (κ1) is 76.5. The van der Waals surface area contributed by atoms with Gasteiger partial charge in [0.2, 0.25) is 65.0 Å². The van der Waals surface area contributed by atoms with Crippen LogP contribution in [0, 0.1) is 41.4 Å². The van der Waals surface area contributed by atoms with Crippen LogP contribution >= 0.6 is 0 Å². The average molecular weight is 1200 g/mol. The molecule has 26 nitrogen and oxygen atoms in total. The van der Waals surface area contributed by atoms with Crippen LogP contribution in [-0.2, 0) is 52.7 Å². The second kappa shape index (κ2) is 34.6. The summed E-state index contributed by atoms with van der Waals surface area (Å²) >= 11 is 0. The predicted octanol–water partition coefficient (Wildman–Crippen LogP) is 2.61. The van der Waals surface area contributed by atoms with Gasteiger partial charge in [-0.2, -0.15) is 0 Å². The fraction of sp³-hybridized carbons (Fsp3) is 0.814. The summed E-state index contributed by atoms with van der Waals surface area (Å²) in [6, 6.07) is -12.8. The Morgan fingerprint density at radius 2 is 0.894 bits per heavy atom. The lowest BCUT2D eigenvalue weighted by atomic mass is 9.93. The van der Waals surface area contributed by atoms with Crippen molar-refractivity contribution in [3.05, 3.63) is 10.4 Å². The molecule has 0 saturated carbocycles. The van der Waals surface area contributed by atoms with Gasteiger partial charge in [0.15, 0.2) is 0 Å². The van der Waals surface area contributed by atoms with E-state index < -0.39 is 156 Å². The average Bonchev–Trinajstić information content (AvgIpc) is 2.61. The zero-order valence-corrected chi connectivity index (χ0v) is 55.3. The van der Waals surface area contributed by atoms with Crippen molar-refractivity contribution in [3.63, 3.8) is 0 Å². The van der Waals surface area contributed by atoms with Crippen LogP contribution in [0.15, 0.2) is 5.11 Å². The molecule has 1 saturated heterocycles. The zero-order chi connectivity index (χ0) is 66.0. The third kappa shape index (κ3) is 21.4. The summed E-state index contributed by atoms with van der Waals surface area (Å²) in [5, 5.41) is 26.4. The molecule has 1 aliphatic heterocycles. The number of azide groups is 1. The Balaban J connectivity index is 4.32. The normalized spacial score (nSPS) is 26.7. The topological polar surface area (TPSA) is 328 Å². The largest absolute Gasteiger partial charge is 0.390 e. The van der Waals surface area contributed by atoms with E-state index in [0.29, 0.717) is 0 Å². The second-order valence-electron chi connectivity index (χ2n) is 25.7. The van der Waals surface area contributed by atoms with E-state index in [0.717, 1.165) is 9.80 Å². The highest BCUT2D eigenvalue weighted by Crippen LogP contribution is 2.25. The molecule has 26 heteroatoms. The summed E-state index contributed by atoms with van der Waals surface area (Å²) in [5.74, 6) is -10.6. The van der Waals surface area contributed by atoms with Gasteiger partial charge in [-0.05, 0) is 92.9 Å². The summed E-state index contributed by atoms with van der Waals surface area (Å²) in [4.78, 5) is 171. The minimum atomic E-state index is -1.76. The third-order valence-electron chi connectivity index (χ3n) is 15.8. The molecule has 85 heavy (non-hydrogen) atoms. The Kier molecular flexibility index (Phi) is 31.1. The van der Waals surface area contributed by atoms with E-state index in [1.54, 1.807) is 34.6 Å². The van der Waals surface area contributed by atoms with Gasteiger partial charge in [-0.3, -0.25) is 52.7 Å². The lowest BCUT2D eigenvalue weighted by Gasteiger charge is -2.41. The number of likely N-dealkylation sites (N-methyl/N-ethyl adjacent to an activating group) is 7. The van der Waals surface area contributed by atoms with Crippen LogP contribution in [0.4, 0.5) is 0 Å². The lowest BCUT2D eigenvalue weighted by molar-refractivity contribution is -0.157. The van der Waals surface area contributed by atoms with Crippen molar-refractivity contribution in [2.24, 2.45) is 46.5 Å². The predicted molar refractivity (Wildman–Crippen MR) is 323 cm³/mol. The third-order valence-corrected chi connectivity index (χ3v) is 15.8. The summed E-state index contributed by atoms with van der Waals surface area (Å²) < 4.78 is 0. The zero-order valence-electron chi connectivity index (χ0n) is 55.3. The molecule has 0 aromatic carbocycles. The van der Waals surface area contributed by atoms with Gasteiger partial charge in [-0.25, -0.2) is 0 Å². The van der Waals surface area contributed by atoms with E-state index in [2.05, 4.69) is 31.3 Å². The smallest absolute Gasteiger partial charge is 0.246 e. The van der Waals surface area contributed by atoms with Gasteiger partial charge in [0.1, 0.15) is 60.4 Å². The molecule has 0 aromatic rings. The molecule has 484 valence electrons. The Hall–Kier alpha value is -6.56. The van der Waals surface area contributed by atoms with Crippen LogP contribution in [0.5, 0.6) is 0 Å². The lowest BCUT2D eigenvalue weighted by Crippen LogP contribution is -2.63. The summed E-state index contributed by atoms with van der Waals surface area (Å²) in [6.45, 7) is 26.6. The van der Waals surface area contributed by atoms with Crippen molar-refractivity contribution in [1.29, 1.82) is 0 Å². The highest BCUT2D eigenvalue weighted by Gasteiger charge is 2.45. The number of nitrogens with zero attached hydrogens (tertiary/aromatic N) is 10. The summed E-state index contributed by atoms with van der Waals surface area (Å²) in [5.41, 5.74) is 9.17. The Bertz CT molecular complexity index is 2380. The molecule has 5 N–H and O–H groups in total. The molecule has 0 radical (unpaired) electrons. The molecule has 11 amide bonds. The van der Waals surface area contributed by atoms with Crippen LogP contribution in [0.3, 0.4) is 0 Å². The number of hydrogen-bond donors (Lipinski definition) is 5. The van der Waals surface area contributed by atoms with Crippen molar-refractivity contribution >= 4 is 65.0 Å². The fourth-order valence-electron chi connectivity index (χ4n) is 10.5. The molecular formula is C59H106N14O12. The van der Waals surface area contributed by atoms with Crippen molar-refractivity contribution in [3.8, 4) is 0 Å². The quantitative estimate of drug-likeness (QED) is 0.0898. The van der Waals surface area contributed by atoms with Crippen molar-refractivity contribution in [2.75, 3.05) is 62.4 Å². The molecule has 12 atom stereocenters. The maximum atomic E-state index is 15.1. The molecule has 1 heterocycles. The molecule has 0 aromatic heterocycles. The molecule has 1 rings (SSSR count). The van der Waals surface area contributed by atoms with Crippen molar-refractivity contribution in [1.82, 2.24) is 55.6 Å². The number of rotatable bonds is 15. The number of carbonyl (C=O) groups is 11. The number of aliphatic hydroxyl groups is 1. The van der Waals surface area contributed by atoms with Gasteiger partial charge < -0.3 is 60.7 Å². The van der Waals surface area contributed by atoms with Crippen LogP contribution in [0.1, 0.15) is 143 Å². The van der Waals surface area contributed by atoms with Gasteiger partial charge in [-0.1, -0.05) is 102 Å². The van der Waals surface area contributed by atoms with Crippen LogP contribution in [-0.4, -0.2) is 233 Å². The standard InChI is InChI=1S/C59H106N14O12/c1-24-40-55(81)67(17)30-45(74)68(18)41(25-31(2)3)52(78)65-46(35(10)11)58(84)69(19)42(26-32(4)5)51(77)62-38(15)50(76)63-39(16)54(80)70(20)43(27-33(6)7)56(82)71(21)44(28-34(8)9)57(83)72(22)47(36(12)13)59(85)73(23)48(53(79)64-40)49(75)37(14)29-61-66-60/h31-44,46-49,75H,24-30H2,1-23H3,(H,62,77)(H,63,76)(H,64,79)(H,65,78)/t37-,38+,39-,40+,41+,42+,43+,44+,46+,47+,48?,49-/m1/s1. The van der Waals surface area contributed by atoms with E-state index >= 15 is 9.59 Å². The highest BCUT2D eigenvalue weighted by atomic mass is 16.3. The van der Waals surface area contributed by atoms with Crippen molar-refractivity contribution < 1.29 is 57.8 Å². The summed E-state index contributed by atoms with van der Waals surface area (Å²) in [6.07, 6.45) is -1.22. The molecule has 0 bridgehead atoms. The molecule has 0 aliphatic carbocycles. The molecule has 1 aliphatic rings. The van der Waals surface area contributed by atoms with Crippen molar-refractivity contribution in [2.45, 2.75) is 209 Å². The first-order chi connectivity index (χ1) is 39.2. The van der Waals surface area contributed by atoms with Gasteiger partial charge in [-0.15, -0.1) is 0 Å². The van der Waals surface area contributed by atoms with E-state index in [1.165, 1.54) is 94.6 Å². The highest BCUT2D eigenvalue weighted by molar-refractivity contribution is 5.99. The van der Waals surface area contributed by atoms with Gasteiger partial charge in [0, 0.05) is 60.8 Å². The number of amides is 11. The number of nitrogens with one attached hydrogen (secondary N) is 4. The molecule has 1 fully saturated rings. The number of aliphatic hydroxyl groups excluding tert-OH is 1. The maximum Gasteiger partial charge on any atom is 0.246 e. The van der Waals surface area contributed by atoms with E-state index in [4.69, 9.17) is 0 Å². The number of hydrogen-bond acceptors (Lipinski definition) is 13. The minimum Gasteiger partial charge on any atom is -0.390 e. The molecule has 0 spiro atoms. The van der Waals surface area contributed by atoms with Gasteiger partial charge in [0.25, 0.3) is 0 Å². The van der Waals surface area contributed by atoms with Crippen LogP contribution in [0.2, 0.25) is 0 Å². The second-order valence-corrected chi connectivity index (χ2v) is 25.7. The maximum absolute atomic E-state index is 15.1. The van der Waals surface area contributed by atoms with Gasteiger partial charge in [0.05, 0.1) is 12.6 Å². The Morgan fingerprint density at radius 3 is 1.34 bits per heavy atom. The van der Waals surface area contributed by atoms with E-state index in [1.807, 2.05) is 55.4 Å². The fourth-order valence-corrected chi connectivity index (χ4v) is 10.5. The summed E-state index contributed by atoms with van der Waals surface area (Å²) in [7, 11) is 9.66. The first-order valence-electron chi connectivity index (χ1n) is 30.0. The number of carbonyl (C=O) groups excluding carboxylic acids is 11.